The van der Waals surface area contributed by atoms with E-state index in [4.69, 9.17) is 4.52 Å². The van der Waals surface area contributed by atoms with Gasteiger partial charge in [0.05, 0.1) is 0 Å². The fourth-order valence-corrected chi connectivity index (χ4v) is 3.60. The minimum absolute atomic E-state index is 0.0136. The van der Waals surface area contributed by atoms with Gasteiger partial charge in [0.15, 0.2) is 5.69 Å². The lowest BCUT2D eigenvalue weighted by Crippen LogP contribution is -2.44. The summed E-state index contributed by atoms with van der Waals surface area (Å²) < 4.78 is 5.33. The predicted octanol–water partition coefficient (Wildman–Crippen LogP) is 3.96. The van der Waals surface area contributed by atoms with Crippen LogP contribution in [-0.2, 0) is 0 Å². The Kier molecular flexibility index (Phi) is 3.68. The standard InChI is InChI=1S/C19H22N2O2/c1-13-11-16(14-5-3-2-4-6-14)9-10-21(13)19(22)17-12-18(23-20-17)15-7-8-15/h2-6,12-13,15-16H,7-11H2,1H3/t13-,16-/m0/s1. The third kappa shape index (κ3) is 2.90. The van der Waals surface area contributed by atoms with Crippen LogP contribution in [0.4, 0.5) is 0 Å². The molecule has 0 N–H and O–H groups in total. The number of benzene rings is 1. The molecule has 0 bridgehead atoms. The van der Waals surface area contributed by atoms with Crippen LogP contribution in [-0.4, -0.2) is 28.6 Å². The van der Waals surface area contributed by atoms with Gasteiger partial charge >= 0.3 is 0 Å². The number of carbonyl (C=O) groups excluding carboxylic acids is 1. The Morgan fingerprint density at radius 1 is 1.17 bits per heavy atom. The molecule has 1 saturated carbocycles. The molecular weight excluding hydrogens is 288 g/mol. The molecule has 0 radical (unpaired) electrons. The van der Waals surface area contributed by atoms with E-state index in [1.165, 1.54) is 5.56 Å². The van der Waals surface area contributed by atoms with Gasteiger partial charge in [0, 0.05) is 24.6 Å². The SMILES string of the molecule is C[C@H]1C[C@@H](c2ccccc2)CCN1C(=O)c1cc(C2CC2)on1. The fraction of sp³-hybridized carbons (Fsp3) is 0.474. The molecule has 2 aromatic rings. The maximum Gasteiger partial charge on any atom is 0.276 e. The Balaban J connectivity index is 1.44. The molecule has 0 unspecified atom stereocenters. The van der Waals surface area contributed by atoms with E-state index in [1.54, 1.807) is 0 Å². The second-order valence-corrected chi connectivity index (χ2v) is 6.87. The largest absolute Gasteiger partial charge is 0.360 e. The zero-order valence-corrected chi connectivity index (χ0v) is 13.4. The minimum Gasteiger partial charge on any atom is -0.360 e. The van der Waals surface area contributed by atoms with E-state index >= 15 is 0 Å². The number of likely N-dealkylation sites (tertiary alicyclic amines) is 1. The molecule has 1 aromatic carbocycles. The topological polar surface area (TPSA) is 46.3 Å². The molecule has 2 aliphatic rings. The molecule has 1 aliphatic carbocycles. The first-order chi connectivity index (χ1) is 11.2. The van der Waals surface area contributed by atoms with Crippen molar-refractivity contribution in [3.05, 3.63) is 53.4 Å². The summed E-state index contributed by atoms with van der Waals surface area (Å²) in [6.07, 6.45) is 4.32. The van der Waals surface area contributed by atoms with Gasteiger partial charge in [0.25, 0.3) is 5.91 Å². The van der Waals surface area contributed by atoms with E-state index in [2.05, 4.69) is 36.3 Å². The summed E-state index contributed by atoms with van der Waals surface area (Å²) in [5, 5.41) is 4.00. The van der Waals surface area contributed by atoms with Crippen LogP contribution in [0.15, 0.2) is 40.9 Å². The maximum absolute atomic E-state index is 12.7. The van der Waals surface area contributed by atoms with Crippen LogP contribution >= 0.6 is 0 Å². The van der Waals surface area contributed by atoms with Crippen molar-refractivity contribution in [1.29, 1.82) is 0 Å². The molecule has 1 amide bonds. The van der Waals surface area contributed by atoms with Gasteiger partial charge in [0.2, 0.25) is 0 Å². The molecular formula is C19H22N2O2. The summed E-state index contributed by atoms with van der Waals surface area (Å²) >= 11 is 0. The van der Waals surface area contributed by atoms with E-state index in [1.807, 2.05) is 17.0 Å². The highest BCUT2D eigenvalue weighted by molar-refractivity contribution is 5.92. The molecule has 2 heterocycles. The second-order valence-electron chi connectivity index (χ2n) is 6.87. The zero-order chi connectivity index (χ0) is 15.8. The predicted molar refractivity (Wildman–Crippen MR) is 87.4 cm³/mol. The molecule has 1 aromatic heterocycles. The van der Waals surface area contributed by atoms with E-state index < -0.39 is 0 Å². The highest BCUT2D eigenvalue weighted by atomic mass is 16.5. The molecule has 4 nitrogen and oxygen atoms in total. The van der Waals surface area contributed by atoms with Gasteiger partial charge in [-0.05, 0) is 44.1 Å². The van der Waals surface area contributed by atoms with Crippen molar-refractivity contribution < 1.29 is 9.32 Å². The molecule has 1 aliphatic heterocycles. The third-order valence-corrected chi connectivity index (χ3v) is 5.14. The van der Waals surface area contributed by atoms with Gasteiger partial charge < -0.3 is 9.42 Å². The zero-order valence-electron chi connectivity index (χ0n) is 13.4. The number of carbonyl (C=O) groups is 1. The lowest BCUT2D eigenvalue weighted by atomic mass is 9.86. The lowest BCUT2D eigenvalue weighted by molar-refractivity contribution is 0.0605. The smallest absolute Gasteiger partial charge is 0.276 e. The first-order valence-electron chi connectivity index (χ1n) is 8.55. The van der Waals surface area contributed by atoms with Crippen LogP contribution in [0.3, 0.4) is 0 Å². The Morgan fingerprint density at radius 3 is 2.65 bits per heavy atom. The molecule has 2 fully saturated rings. The Hall–Kier alpha value is -2.10. The summed E-state index contributed by atoms with van der Waals surface area (Å²) in [5.41, 5.74) is 1.85. The molecule has 120 valence electrons. The van der Waals surface area contributed by atoms with E-state index in [9.17, 15) is 4.79 Å². The van der Waals surface area contributed by atoms with E-state index in [0.29, 0.717) is 17.5 Å². The number of hydrogen-bond acceptors (Lipinski definition) is 3. The molecule has 4 heteroatoms. The lowest BCUT2D eigenvalue weighted by Gasteiger charge is -2.37. The monoisotopic (exact) mass is 310 g/mol. The summed E-state index contributed by atoms with van der Waals surface area (Å²) in [6.45, 7) is 2.92. The summed E-state index contributed by atoms with van der Waals surface area (Å²) in [7, 11) is 0. The minimum atomic E-state index is 0.0136. The first kappa shape index (κ1) is 14.5. The quantitative estimate of drug-likeness (QED) is 0.862. The molecule has 0 spiro atoms. The summed E-state index contributed by atoms with van der Waals surface area (Å²) in [6, 6.07) is 12.7. The van der Waals surface area contributed by atoms with Crippen molar-refractivity contribution in [2.45, 2.75) is 50.5 Å². The first-order valence-corrected chi connectivity index (χ1v) is 8.55. The summed E-state index contributed by atoms with van der Waals surface area (Å²) in [4.78, 5) is 14.7. The van der Waals surface area contributed by atoms with E-state index in [0.717, 1.165) is 38.0 Å². The highest BCUT2D eigenvalue weighted by Gasteiger charge is 2.33. The van der Waals surface area contributed by atoms with Gasteiger partial charge in [-0.15, -0.1) is 0 Å². The van der Waals surface area contributed by atoms with Gasteiger partial charge in [0.1, 0.15) is 5.76 Å². The van der Waals surface area contributed by atoms with Crippen molar-refractivity contribution in [3.63, 3.8) is 0 Å². The van der Waals surface area contributed by atoms with Gasteiger partial charge in [-0.2, -0.15) is 0 Å². The van der Waals surface area contributed by atoms with Crippen LogP contribution in [0.5, 0.6) is 0 Å². The van der Waals surface area contributed by atoms with Crippen LogP contribution in [0, 0.1) is 0 Å². The molecule has 2 atom stereocenters. The van der Waals surface area contributed by atoms with Crippen molar-refractivity contribution in [2.24, 2.45) is 0 Å². The summed E-state index contributed by atoms with van der Waals surface area (Å²) in [5.74, 6) is 1.92. The molecule has 1 saturated heterocycles. The fourth-order valence-electron chi connectivity index (χ4n) is 3.60. The van der Waals surface area contributed by atoms with Crippen LogP contribution in [0.2, 0.25) is 0 Å². The molecule has 4 rings (SSSR count). The van der Waals surface area contributed by atoms with Crippen LogP contribution in [0.25, 0.3) is 0 Å². The van der Waals surface area contributed by atoms with Gasteiger partial charge in [-0.25, -0.2) is 0 Å². The number of aromatic nitrogens is 1. The van der Waals surface area contributed by atoms with Crippen molar-refractivity contribution in [2.75, 3.05) is 6.54 Å². The van der Waals surface area contributed by atoms with Gasteiger partial charge in [-0.1, -0.05) is 35.5 Å². The van der Waals surface area contributed by atoms with Crippen LogP contribution < -0.4 is 0 Å². The van der Waals surface area contributed by atoms with Gasteiger partial charge in [-0.3, -0.25) is 4.79 Å². The van der Waals surface area contributed by atoms with Crippen molar-refractivity contribution >= 4 is 5.91 Å². The maximum atomic E-state index is 12.7. The Labute approximate surface area is 136 Å². The normalized spacial score (nSPS) is 24.7. The number of nitrogens with zero attached hydrogens (tertiary/aromatic N) is 2. The third-order valence-electron chi connectivity index (χ3n) is 5.14. The number of rotatable bonds is 3. The van der Waals surface area contributed by atoms with Crippen molar-refractivity contribution in [3.8, 4) is 0 Å². The second kappa shape index (κ2) is 5.84. The Morgan fingerprint density at radius 2 is 1.96 bits per heavy atom. The average Bonchev–Trinajstić information content (AvgIpc) is 3.32. The average molecular weight is 310 g/mol. The molecule has 23 heavy (non-hydrogen) atoms. The number of amides is 1. The van der Waals surface area contributed by atoms with Crippen LogP contribution in [0.1, 0.15) is 66.3 Å². The van der Waals surface area contributed by atoms with Crippen molar-refractivity contribution in [1.82, 2.24) is 10.1 Å². The van der Waals surface area contributed by atoms with E-state index in [-0.39, 0.29) is 11.9 Å². The number of hydrogen-bond donors (Lipinski definition) is 0. The Bertz CT molecular complexity index is 690. The highest BCUT2D eigenvalue weighted by Crippen LogP contribution is 2.40. The number of piperidine rings is 1.